The van der Waals surface area contributed by atoms with E-state index in [-0.39, 0.29) is 0 Å². The minimum absolute atomic E-state index is 0.560. The van der Waals surface area contributed by atoms with Gasteiger partial charge in [-0.1, -0.05) is 29.8 Å². The third-order valence-corrected chi connectivity index (χ3v) is 3.31. The molecule has 0 radical (unpaired) electrons. The number of rotatable bonds is 5. The monoisotopic (exact) mass is 272 g/mol. The van der Waals surface area contributed by atoms with Crippen LogP contribution in [0.1, 0.15) is 22.8 Å². The lowest BCUT2D eigenvalue weighted by atomic mass is 9.99. The molecule has 0 spiro atoms. The molecule has 0 heterocycles. The maximum absolute atomic E-state index is 10.4. The summed E-state index contributed by atoms with van der Waals surface area (Å²) in [6, 6.07) is 13.6. The fourth-order valence-corrected chi connectivity index (χ4v) is 2.27. The van der Waals surface area contributed by atoms with Crippen LogP contribution in [-0.2, 0) is 6.42 Å². The molecule has 0 saturated heterocycles. The molecule has 2 aromatic carbocycles. The molecule has 0 aliphatic heterocycles. The van der Waals surface area contributed by atoms with Gasteiger partial charge < -0.3 is 14.6 Å². The van der Waals surface area contributed by atoms with Gasteiger partial charge in [0.25, 0.3) is 0 Å². The Kier molecular flexibility index (Phi) is 4.64. The minimum Gasteiger partial charge on any atom is -0.497 e. The number of hydrogen-bond donors (Lipinski definition) is 1. The molecule has 0 aromatic heterocycles. The van der Waals surface area contributed by atoms with Crippen molar-refractivity contribution in [1.29, 1.82) is 0 Å². The number of ether oxygens (including phenoxy) is 2. The van der Waals surface area contributed by atoms with Crippen molar-refractivity contribution in [3.05, 3.63) is 59.2 Å². The summed E-state index contributed by atoms with van der Waals surface area (Å²) in [5.74, 6) is 1.36. The minimum atomic E-state index is -0.599. The van der Waals surface area contributed by atoms with Crippen molar-refractivity contribution in [2.75, 3.05) is 14.2 Å². The summed E-state index contributed by atoms with van der Waals surface area (Å²) in [6.07, 6.45) is -0.0395. The van der Waals surface area contributed by atoms with Crippen molar-refractivity contribution < 1.29 is 14.6 Å². The average molecular weight is 272 g/mol. The first kappa shape index (κ1) is 14.4. The fraction of sp³-hybridized carbons (Fsp3) is 0.294. The summed E-state index contributed by atoms with van der Waals surface area (Å²) in [5, 5.41) is 10.4. The third kappa shape index (κ3) is 3.31. The number of aliphatic hydroxyl groups excluding tert-OH is 1. The van der Waals surface area contributed by atoms with E-state index in [1.807, 2.05) is 37.3 Å². The molecule has 106 valence electrons. The second kappa shape index (κ2) is 6.44. The molecule has 1 unspecified atom stereocenters. The summed E-state index contributed by atoms with van der Waals surface area (Å²) in [6.45, 7) is 2.05. The van der Waals surface area contributed by atoms with Gasteiger partial charge in [0.1, 0.15) is 11.5 Å². The average Bonchev–Trinajstić information content (AvgIpc) is 2.46. The van der Waals surface area contributed by atoms with Crippen molar-refractivity contribution >= 4 is 0 Å². The van der Waals surface area contributed by atoms with Gasteiger partial charge >= 0.3 is 0 Å². The Bertz CT molecular complexity index is 578. The van der Waals surface area contributed by atoms with Crippen molar-refractivity contribution in [2.24, 2.45) is 0 Å². The van der Waals surface area contributed by atoms with E-state index in [0.29, 0.717) is 17.9 Å². The molecule has 1 N–H and O–H groups in total. The first-order valence-electron chi connectivity index (χ1n) is 6.59. The van der Waals surface area contributed by atoms with E-state index in [2.05, 4.69) is 6.07 Å². The smallest absolute Gasteiger partial charge is 0.128 e. The molecular weight excluding hydrogens is 252 g/mol. The highest BCUT2D eigenvalue weighted by molar-refractivity contribution is 5.42. The van der Waals surface area contributed by atoms with Crippen molar-refractivity contribution in [3.8, 4) is 11.5 Å². The first-order chi connectivity index (χ1) is 9.63. The Morgan fingerprint density at radius 3 is 2.50 bits per heavy atom. The SMILES string of the molecule is COc1ccc(C(O)Cc2cccc(C)c2)c(OC)c1. The zero-order valence-corrected chi connectivity index (χ0v) is 12.1. The highest BCUT2D eigenvalue weighted by Gasteiger charge is 2.14. The maximum Gasteiger partial charge on any atom is 0.128 e. The molecule has 0 amide bonds. The highest BCUT2D eigenvalue weighted by atomic mass is 16.5. The lowest BCUT2D eigenvalue weighted by Crippen LogP contribution is -2.04. The topological polar surface area (TPSA) is 38.7 Å². The molecule has 20 heavy (non-hydrogen) atoms. The van der Waals surface area contributed by atoms with E-state index in [1.54, 1.807) is 20.3 Å². The Hall–Kier alpha value is -2.00. The van der Waals surface area contributed by atoms with Crippen LogP contribution in [0.2, 0.25) is 0 Å². The molecule has 0 bridgehead atoms. The zero-order valence-electron chi connectivity index (χ0n) is 12.1. The zero-order chi connectivity index (χ0) is 14.5. The lowest BCUT2D eigenvalue weighted by Gasteiger charge is -2.16. The summed E-state index contributed by atoms with van der Waals surface area (Å²) in [7, 11) is 3.20. The van der Waals surface area contributed by atoms with Crippen LogP contribution in [0, 0.1) is 6.92 Å². The largest absolute Gasteiger partial charge is 0.497 e. The Morgan fingerprint density at radius 2 is 1.85 bits per heavy atom. The van der Waals surface area contributed by atoms with E-state index in [0.717, 1.165) is 11.1 Å². The van der Waals surface area contributed by atoms with E-state index in [4.69, 9.17) is 9.47 Å². The van der Waals surface area contributed by atoms with Crippen LogP contribution < -0.4 is 9.47 Å². The quantitative estimate of drug-likeness (QED) is 0.907. The van der Waals surface area contributed by atoms with Gasteiger partial charge in [-0.3, -0.25) is 0 Å². The molecule has 0 aliphatic rings. The number of aliphatic hydroxyl groups is 1. The van der Waals surface area contributed by atoms with Crippen molar-refractivity contribution in [3.63, 3.8) is 0 Å². The Labute approximate surface area is 119 Å². The third-order valence-electron chi connectivity index (χ3n) is 3.31. The first-order valence-corrected chi connectivity index (χ1v) is 6.59. The van der Waals surface area contributed by atoms with E-state index >= 15 is 0 Å². The van der Waals surface area contributed by atoms with Gasteiger partial charge in [0.2, 0.25) is 0 Å². The van der Waals surface area contributed by atoms with E-state index in [1.165, 1.54) is 5.56 Å². The van der Waals surface area contributed by atoms with Gasteiger partial charge in [0.15, 0.2) is 0 Å². The van der Waals surface area contributed by atoms with Crippen LogP contribution in [0.4, 0.5) is 0 Å². The molecule has 1 atom stereocenters. The van der Waals surface area contributed by atoms with Gasteiger partial charge in [-0.15, -0.1) is 0 Å². The summed E-state index contributed by atoms with van der Waals surface area (Å²) < 4.78 is 10.5. The molecule has 0 aliphatic carbocycles. The van der Waals surface area contributed by atoms with Gasteiger partial charge in [-0.25, -0.2) is 0 Å². The number of hydrogen-bond acceptors (Lipinski definition) is 3. The molecule has 0 saturated carbocycles. The van der Waals surface area contributed by atoms with Gasteiger partial charge in [0, 0.05) is 18.1 Å². The number of benzene rings is 2. The van der Waals surface area contributed by atoms with Crippen LogP contribution in [0.25, 0.3) is 0 Å². The van der Waals surface area contributed by atoms with Crippen molar-refractivity contribution in [1.82, 2.24) is 0 Å². The fourth-order valence-electron chi connectivity index (χ4n) is 2.27. The van der Waals surface area contributed by atoms with E-state index in [9.17, 15) is 5.11 Å². The van der Waals surface area contributed by atoms with Crippen LogP contribution in [0.15, 0.2) is 42.5 Å². The van der Waals surface area contributed by atoms with Crippen LogP contribution in [-0.4, -0.2) is 19.3 Å². The normalized spacial score (nSPS) is 12.0. The number of methoxy groups -OCH3 is 2. The maximum atomic E-state index is 10.4. The van der Waals surface area contributed by atoms with Crippen molar-refractivity contribution in [2.45, 2.75) is 19.4 Å². The van der Waals surface area contributed by atoms with Gasteiger partial charge in [0.05, 0.1) is 20.3 Å². The van der Waals surface area contributed by atoms with E-state index < -0.39 is 6.10 Å². The summed E-state index contributed by atoms with van der Waals surface area (Å²) >= 11 is 0. The molecule has 0 fully saturated rings. The van der Waals surface area contributed by atoms with Gasteiger partial charge in [-0.05, 0) is 24.6 Å². The standard InChI is InChI=1S/C17H20O3/c1-12-5-4-6-13(9-12)10-16(18)15-8-7-14(19-2)11-17(15)20-3/h4-9,11,16,18H,10H2,1-3H3. The Morgan fingerprint density at radius 1 is 1.05 bits per heavy atom. The molecule has 3 heteroatoms. The second-order valence-corrected chi connectivity index (χ2v) is 4.82. The number of aryl methyl sites for hydroxylation is 1. The van der Waals surface area contributed by atoms with Crippen LogP contribution in [0.5, 0.6) is 11.5 Å². The summed E-state index contributed by atoms with van der Waals surface area (Å²) in [5.41, 5.74) is 3.07. The summed E-state index contributed by atoms with van der Waals surface area (Å²) in [4.78, 5) is 0. The van der Waals surface area contributed by atoms with Gasteiger partial charge in [-0.2, -0.15) is 0 Å². The predicted molar refractivity (Wildman–Crippen MR) is 79.4 cm³/mol. The Balaban J connectivity index is 2.22. The molecule has 2 rings (SSSR count). The van der Waals surface area contributed by atoms with Crippen LogP contribution >= 0.6 is 0 Å². The van der Waals surface area contributed by atoms with Crippen LogP contribution in [0.3, 0.4) is 0 Å². The molecular formula is C17H20O3. The second-order valence-electron chi connectivity index (χ2n) is 4.82. The lowest BCUT2D eigenvalue weighted by molar-refractivity contribution is 0.174. The molecule has 2 aromatic rings. The molecule has 3 nitrogen and oxygen atoms in total. The highest BCUT2D eigenvalue weighted by Crippen LogP contribution is 2.31. The predicted octanol–water partition coefficient (Wildman–Crippen LogP) is 3.29.